The number of aromatic amines is 1. The summed E-state index contributed by atoms with van der Waals surface area (Å²) in [4.78, 5) is 11.9. The zero-order valence-electron chi connectivity index (χ0n) is 15.7. The topological polar surface area (TPSA) is 41.6 Å². The molecule has 1 N–H and O–H groups in total. The molecule has 0 aliphatic carbocycles. The van der Waals surface area contributed by atoms with Crippen LogP contribution >= 0.6 is 11.6 Å². The lowest BCUT2D eigenvalue weighted by molar-refractivity contribution is -0.137. The smallest absolute Gasteiger partial charge is 0.338 e. The molecule has 2 aromatic carbocycles. The average molecular weight is 416 g/mol. The monoisotopic (exact) mass is 415 g/mol. The summed E-state index contributed by atoms with van der Waals surface area (Å²) >= 11 is 6.19. The van der Waals surface area contributed by atoms with Gasteiger partial charge in [-0.2, -0.15) is 13.2 Å². The first kappa shape index (κ1) is 19.5. The molecule has 0 spiro atoms. The summed E-state index contributed by atoms with van der Waals surface area (Å²) in [6.45, 7) is 3.71. The maximum absolute atomic E-state index is 13.3. The third kappa shape index (κ3) is 3.72. The molecule has 148 valence electrons. The molecule has 0 fully saturated rings. The first-order valence-electron chi connectivity index (χ1n) is 9.06. The SMILES string of the molecule is CC(C)c1cc(C(F)(F)F)cc2[nH]c(-c3ccc(-c4ncccc4Cl)cc3)nc12. The van der Waals surface area contributed by atoms with Gasteiger partial charge in [-0.25, -0.2) is 4.98 Å². The number of benzene rings is 2. The Morgan fingerprint density at radius 1 is 1.00 bits per heavy atom. The van der Waals surface area contributed by atoms with Crippen molar-refractivity contribution < 1.29 is 13.2 Å². The van der Waals surface area contributed by atoms with Crippen LogP contribution in [0.4, 0.5) is 13.2 Å². The normalized spacial score (nSPS) is 12.1. The molecule has 0 amide bonds. The second kappa shape index (κ2) is 7.19. The largest absolute Gasteiger partial charge is 0.416 e. The average Bonchev–Trinajstić information content (AvgIpc) is 3.11. The number of nitrogens with one attached hydrogen (secondary N) is 1. The van der Waals surface area contributed by atoms with Crippen LogP contribution in [-0.2, 0) is 6.18 Å². The van der Waals surface area contributed by atoms with E-state index in [9.17, 15) is 13.2 Å². The fourth-order valence-electron chi connectivity index (χ4n) is 3.27. The van der Waals surface area contributed by atoms with E-state index in [1.54, 1.807) is 18.3 Å². The highest BCUT2D eigenvalue weighted by Gasteiger charge is 2.32. The predicted octanol–water partition coefficient (Wildman–Crippen LogP) is 7.09. The van der Waals surface area contributed by atoms with Crippen LogP contribution in [0.25, 0.3) is 33.7 Å². The highest BCUT2D eigenvalue weighted by molar-refractivity contribution is 6.33. The molecule has 2 aromatic heterocycles. The summed E-state index contributed by atoms with van der Waals surface area (Å²) in [6, 6.07) is 13.2. The highest BCUT2D eigenvalue weighted by Crippen LogP contribution is 2.36. The van der Waals surface area contributed by atoms with Crippen molar-refractivity contribution in [2.75, 3.05) is 0 Å². The van der Waals surface area contributed by atoms with E-state index in [1.165, 1.54) is 6.07 Å². The number of imidazole rings is 1. The maximum Gasteiger partial charge on any atom is 0.416 e. The number of alkyl halides is 3. The van der Waals surface area contributed by atoms with Crippen LogP contribution in [0, 0.1) is 0 Å². The van der Waals surface area contributed by atoms with E-state index >= 15 is 0 Å². The van der Waals surface area contributed by atoms with Crippen LogP contribution in [0.2, 0.25) is 5.02 Å². The van der Waals surface area contributed by atoms with Crippen molar-refractivity contribution in [3.8, 4) is 22.6 Å². The molecular formula is C22H17ClF3N3. The third-order valence-corrected chi connectivity index (χ3v) is 5.06. The van der Waals surface area contributed by atoms with E-state index in [0.717, 1.165) is 17.2 Å². The molecule has 0 saturated carbocycles. The first-order valence-corrected chi connectivity index (χ1v) is 9.44. The molecule has 7 heteroatoms. The molecular weight excluding hydrogens is 399 g/mol. The summed E-state index contributed by atoms with van der Waals surface area (Å²) in [7, 11) is 0. The molecule has 0 atom stereocenters. The Hall–Kier alpha value is -2.86. The first-order chi connectivity index (χ1) is 13.7. The van der Waals surface area contributed by atoms with Crippen molar-refractivity contribution in [3.05, 3.63) is 70.9 Å². The quantitative estimate of drug-likeness (QED) is 0.388. The van der Waals surface area contributed by atoms with Gasteiger partial charge >= 0.3 is 6.18 Å². The standard InChI is InChI=1S/C22H17ClF3N3/c1-12(2)16-10-15(22(24,25)26)11-18-20(16)29-21(28-18)14-7-5-13(6-8-14)19-17(23)4-3-9-27-19/h3-12H,1-2H3,(H,28,29). The van der Waals surface area contributed by atoms with Crippen molar-refractivity contribution in [3.63, 3.8) is 0 Å². The summed E-state index contributed by atoms with van der Waals surface area (Å²) in [5.74, 6) is 0.421. The van der Waals surface area contributed by atoms with Crippen molar-refractivity contribution in [2.45, 2.75) is 25.9 Å². The molecule has 0 bridgehead atoms. The number of nitrogens with zero attached hydrogens (tertiary/aromatic N) is 2. The summed E-state index contributed by atoms with van der Waals surface area (Å²) < 4.78 is 39.8. The maximum atomic E-state index is 13.3. The van der Waals surface area contributed by atoms with E-state index in [-0.39, 0.29) is 5.92 Å². The Balaban J connectivity index is 1.78. The van der Waals surface area contributed by atoms with Crippen LogP contribution in [0.15, 0.2) is 54.7 Å². The summed E-state index contributed by atoms with van der Waals surface area (Å²) in [5.41, 5.74) is 3.09. The highest BCUT2D eigenvalue weighted by atomic mass is 35.5. The molecule has 4 aromatic rings. The van der Waals surface area contributed by atoms with Crippen molar-refractivity contribution >= 4 is 22.6 Å². The fourth-order valence-corrected chi connectivity index (χ4v) is 3.50. The minimum Gasteiger partial charge on any atom is -0.338 e. The van der Waals surface area contributed by atoms with Gasteiger partial charge < -0.3 is 4.98 Å². The minimum absolute atomic E-state index is 0.0929. The molecule has 2 heterocycles. The number of rotatable bonds is 3. The van der Waals surface area contributed by atoms with E-state index < -0.39 is 11.7 Å². The van der Waals surface area contributed by atoms with E-state index in [2.05, 4.69) is 15.0 Å². The number of pyridine rings is 1. The molecule has 0 saturated heterocycles. The number of hydrogen-bond acceptors (Lipinski definition) is 2. The van der Waals surface area contributed by atoms with Crippen molar-refractivity contribution in [1.82, 2.24) is 15.0 Å². The zero-order chi connectivity index (χ0) is 20.8. The lowest BCUT2D eigenvalue weighted by Gasteiger charge is -2.11. The van der Waals surface area contributed by atoms with Gasteiger partial charge in [0.2, 0.25) is 0 Å². The molecule has 0 radical (unpaired) electrons. The third-order valence-electron chi connectivity index (χ3n) is 4.76. The second-order valence-electron chi connectivity index (χ2n) is 7.11. The van der Waals surface area contributed by atoms with Gasteiger partial charge in [0.05, 0.1) is 27.3 Å². The number of hydrogen-bond donors (Lipinski definition) is 1. The lowest BCUT2D eigenvalue weighted by Crippen LogP contribution is -2.06. The predicted molar refractivity (Wildman–Crippen MR) is 109 cm³/mol. The second-order valence-corrected chi connectivity index (χ2v) is 7.52. The Bertz CT molecular complexity index is 1180. The number of halogens is 4. The van der Waals surface area contributed by atoms with Crippen LogP contribution in [0.3, 0.4) is 0 Å². The van der Waals surface area contributed by atoms with Crippen LogP contribution < -0.4 is 0 Å². The molecule has 0 aliphatic rings. The number of fused-ring (bicyclic) bond motifs is 1. The zero-order valence-corrected chi connectivity index (χ0v) is 16.4. The van der Waals surface area contributed by atoms with Gasteiger partial charge in [-0.3, -0.25) is 4.98 Å². The van der Waals surface area contributed by atoms with Crippen LogP contribution in [0.1, 0.15) is 30.9 Å². The van der Waals surface area contributed by atoms with Gasteiger partial charge in [0, 0.05) is 17.3 Å². The van der Waals surface area contributed by atoms with Gasteiger partial charge in [-0.05, 0) is 35.7 Å². The Morgan fingerprint density at radius 3 is 2.31 bits per heavy atom. The summed E-state index contributed by atoms with van der Waals surface area (Å²) in [5, 5.41) is 0.547. The Kier molecular flexibility index (Phi) is 4.82. The van der Waals surface area contributed by atoms with Crippen LogP contribution in [0.5, 0.6) is 0 Å². The fraction of sp³-hybridized carbons (Fsp3) is 0.182. The summed E-state index contributed by atoms with van der Waals surface area (Å²) in [6.07, 6.45) is -2.74. The van der Waals surface area contributed by atoms with Gasteiger partial charge in [0.1, 0.15) is 5.82 Å². The van der Waals surface area contributed by atoms with Crippen molar-refractivity contribution in [2.24, 2.45) is 0 Å². The number of H-pyrrole nitrogens is 1. The van der Waals surface area contributed by atoms with E-state index in [0.29, 0.717) is 33.1 Å². The molecule has 0 unspecified atom stereocenters. The molecule has 29 heavy (non-hydrogen) atoms. The van der Waals surface area contributed by atoms with Gasteiger partial charge in [-0.15, -0.1) is 0 Å². The Morgan fingerprint density at radius 2 is 1.69 bits per heavy atom. The number of aromatic nitrogens is 3. The van der Waals surface area contributed by atoms with E-state index in [4.69, 9.17) is 11.6 Å². The van der Waals surface area contributed by atoms with Gasteiger partial charge in [0.25, 0.3) is 0 Å². The Labute approximate surface area is 170 Å². The van der Waals surface area contributed by atoms with Crippen molar-refractivity contribution in [1.29, 1.82) is 0 Å². The molecule has 4 rings (SSSR count). The van der Waals surface area contributed by atoms with Crippen LogP contribution in [-0.4, -0.2) is 15.0 Å². The lowest BCUT2D eigenvalue weighted by atomic mass is 9.99. The molecule has 3 nitrogen and oxygen atoms in total. The molecule has 0 aliphatic heterocycles. The van der Waals surface area contributed by atoms with Gasteiger partial charge in [0.15, 0.2) is 0 Å². The minimum atomic E-state index is -4.41. The van der Waals surface area contributed by atoms with E-state index in [1.807, 2.05) is 38.1 Å². The van der Waals surface area contributed by atoms with Gasteiger partial charge in [-0.1, -0.05) is 49.7 Å².